The topological polar surface area (TPSA) is 88.3 Å². The predicted molar refractivity (Wildman–Crippen MR) is 81.8 cm³/mol. The molecule has 0 atom stereocenters. The second-order valence-electron chi connectivity index (χ2n) is 4.30. The van der Waals surface area contributed by atoms with E-state index in [-0.39, 0.29) is 16.3 Å². The van der Waals surface area contributed by atoms with Crippen molar-refractivity contribution in [2.45, 2.75) is 11.8 Å². The zero-order chi connectivity index (χ0) is 15.6. The van der Waals surface area contributed by atoms with Gasteiger partial charge in [0.2, 0.25) is 0 Å². The van der Waals surface area contributed by atoms with Crippen molar-refractivity contribution in [3.05, 3.63) is 46.2 Å². The Balaban J connectivity index is 2.40. The number of rotatable bonds is 4. The molecule has 0 unspecified atom stereocenters. The highest BCUT2D eigenvalue weighted by molar-refractivity contribution is 9.10. The van der Waals surface area contributed by atoms with Crippen LogP contribution in [0.4, 0.5) is 5.69 Å². The molecule has 112 valence electrons. The van der Waals surface area contributed by atoms with Crippen LogP contribution in [0.25, 0.3) is 0 Å². The minimum Gasteiger partial charge on any atom is -0.464 e. The summed E-state index contributed by atoms with van der Waals surface area (Å²) in [5, 5.41) is 0. The third kappa shape index (κ3) is 3.45. The summed E-state index contributed by atoms with van der Waals surface area (Å²) in [5.41, 5.74) is 0.857. The zero-order valence-corrected chi connectivity index (χ0v) is 13.7. The third-order valence-electron chi connectivity index (χ3n) is 2.69. The van der Waals surface area contributed by atoms with Crippen LogP contribution in [0, 0.1) is 6.92 Å². The molecule has 21 heavy (non-hydrogen) atoms. The van der Waals surface area contributed by atoms with Gasteiger partial charge in [-0.1, -0.05) is 22.0 Å². The second-order valence-corrected chi connectivity index (χ2v) is 6.89. The summed E-state index contributed by atoms with van der Waals surface area (Å²) >= 11 is 3.22. The van der Waals surface area contributed by atoms with E-state index in [2.05, 4.69) is 30.4 Å². The lowest BCUT2D eigenvalue weighted by Gasteiger charge is -2.08. The number of methoxy groups -OCH3 is 1. The van der Waals surface area contributed by atoms with E-state index in [0.29, 0.717) is 10.2 Å². The van der Waals surface area contributed by atoms with E-state index in [4.69, 9.17) is 0 Å². The maximum atomic E-state index is 12.3. The first-order chi connectivity index (χ1) is 9.83. The predicted octanol–water partition coefficient (Wildman–Crippen LogP) is 2.67. The summed E-state index contributed by atoms with van der Waals surface area (Å²) in [5.74, 6) is -0.643. The van der Waals surface area contributed by atoms with Crippen LogP contribution in [0.5, 0.6) is 0 Å². The first-order valence-electron chi connectivity index (χ1n) is 5.90. The summed E-state index contributed by atoms with van der Waals surface area (Å²) < 4.78 is 32.3. The number of H-pyrrole nitrogens is 1. The Labute approximate surface area is 130 Å². The molecule has 1 aromatic carbocycles. The van der Waals surface area contributed by atoms with Gasteiger partial charge in [-0.05, 0) is 31.2 Å². The van der Waals surface area contributed by atoms with Crippen LogP contribution < -0.4 is 4.72 Å². The van der Waals surface area contributed by atoms with Crippen LogP contribution >= 0.6 is 15.9 Å². The number of aromatic nitrogens is 1. The van der Waals surface area contributed by atoms with E-state index in [9.17, 15) is 13.2 Å². The number of aromatic amines is 1. The van der Waals surface area contributed by atoms with Gasteiger partial charge in [0, 0.05) is 10.2 Å². The zero-order valence-electron chi connectivity index (χ0n) is 11.3. The van der Waals surface area contributed by atoms with E-state index >= 15 is 0 Å². The van der Waals surface area contributed by atoms with Crippen molar-refractivity contribution in [3.8, 4) is 0 Å². The summed E-state index contributed by atoms with van der Waals surface area (Å²) in [6.07, 6.45) is 0. The molecule has 1 aromatic heterocycles. The molecular weight excluding hydrogens is 360 g/mol. The van der Waals surface area contributed by atoms with Crippen molar-refractivity contribution < 1.29 is 17.9 Å². The normalized spacial score (nSPS) is 11.2. The molecule has 0 saturated carbocycles. The van der Waals surface area contributed by atoms with E-state index in [0.717, 1.165) is 0 Å². The number of nitrogens with one attached hydrogen (secondary N) is 2. The Morgan fingerprint density at radius 2 is 2.05 bits per heavy atom. The van der Waals surface area contributed by atoms with Crippen LogP contribution in [0.2, 0.25) is 0 Å². The molecule has 0 radical (unpaired) electrons. The van der Waals surface area contributed by atoms with Crippen molar-refractivity contribution in [2.75, 3.05) is 11.8 Å². The van der Waals surface area contributed by atoms with Crippen molar-refractivity contribution in [2.24, 2.45) is 0 Å². The number of halogens is 1. The largest absolute Gasteiger partial charge is 0.464 e. The molecule has 2 rings (SSSR count). The quantitative estimate of drug-likeness (QED) is 0.807. The number of sulfonamides is 1. The summed E-state index contributed by atoms with van der Waals surface area (Å²) in [4.78, 5) is 14.5. The molecule has 8 heteroatoms. The Bertz CT molecular complexity index is 783. The molecule has 2 N–H and O–H groups in total. The molecule has 0 fully saturated rings. The fourth-order valence-electron chi connectivity index (χ4n) is 1.77. The van der Waals surface area contributed by atoms with E-state index in [1.54, 1.807) is 19.1 Å². The van der Waals surface area contributed by atoms with Gasteiger partial charge in [0.1, 0.15) is 5.69 Å². The first-order valence-corrected chi connectivity index (χ1v) is 8.17. The number of hydrogen-bond acceptors (Lipinski definition) is 4. The van der Waals surface area contributed by atoms with E-state index in [1.165, 1.54) is 25.3 Å². The van der Waals surface area contributed by atoms with Gasteiger partial charge in [-0.2, -0.15) is 0 Å². The highest BCUT2D eigenvalue weighted by atomic mass is 79.9. The van der Waals surface area contributed by atoms with Gasteiger partial charge >= 0.3 is 5.97 Å². The third-order valence-corrected chi connectivity index (χ3v) is 4.55. The Morgan fingerprint density at radius 3 is 2.67 bits per heavy atom. The summed E-state index contributed by atoms with van der Waals surface area (Å²) in [7, 11) is -2.57. The molecule has 0 bridgehead atoms. The maximum absolute atomic E-state index is 12.3. The average Bonchev–Trinajstić information content (AvgIpc) is 2.78. The van der Waals surface area contributed by atoms with E-state index in [1.807, 2.05) is 0 Å². The van der Waals surface area contributed by atoms with Crippen LogP contribution in [0.3, 0.4) is 0 Å². The molecule has 2 aromatic rings. The fraction of sp³-hybridized carbons (Fsp3) is 0.154. The van der Waals surface area contributed by atoms with Gasteiger partial charge in [0.05, 0.1) is 17.7 Å². The lowest BCUT2D eigenvalue weighted by Crippen LogP contribution is -2.15. The number of ether oxygens (including phenoxy) is 1. The van der Waals surface area contributed by atoms with Gasteiger partial charge in [-0.3, -0.25) is 4.72 Å². The van der Waals surface area contributed by atoms with Crippen LogP contribution in [-0.4, -0.2) is 26.5 Å². The molecule has 0 aliphatic carbocycles. The van der Waals surface area contributed by atoms with Gasteiger partial charge < -0.3 is 9.72 Å². The standard InChI is InChI=1S/C13H13BrN2O4S/c1-8-6-11(12(15-8)13(17)20-2)16-21(18,19)10-5-3-4-9(14)7-10/h3-7,15-16H,1-2H3. The Morgan fingerprint density at radius 1 is 1.33 bits per heavy atom. The SMILES string of the molecule is COC(=O)c1[nH]c(C)cc1NS(=O)(=O)c1cccc(Br)c1. The van der Waals surface area contributed by atoms with Crippen LogP contribution in [-0.2, 0) is 14.8 Å². The maximum Gasteiger partial charge on any atom is 0.356 e. The number of benzene rings is 1. The minimum atomic E-state index is -3.79. The molecule has 0 aliphatic rings. The van der Waals surface area contributed by atoms with Gasteiger partial charge in [-0.15, -0.1) is 0 Å². The van der Waals surface area contributed by atoms with Crippen molar-refractivity contribution >= 4 is 37.6 Å². The summed E-state index contributed by atoms with van der Waals surface area (Å²) in [6, 6.07) is 7.80. The number of carbonyl (C=O) groups is 1. The molecule has 0 aliphatic heterocycles. The molecular formula is C13H13BrN2O4S. The van der Waals surface area contributed by atoms with Crippen molar-refractivity contribution in [1.29, 1.82) is 0 Å². The van der Waals surface area contributed by atoms with Gasteiger partial charge in [0.25, 0.3) is 10.0 Å². The fourth-order valence-corrected chi connectivity index (χ4v) is 3.43. The van der Waals surface area contributed by atoms with Gasteiger partial charge in [-0.25, -0.2) is 13.2 Å². The number of esters is 1. The lowest BCUT2D eigenvalue weighted by molar-refractivity contribution is 0.0596. The van der Waals surface area contributed by atoms with Gasteiger partial charge in [0.15, 0.2) is 0 Å². The second kappa shape index (κ2) is 5.90. The molecule has 6 nitrogen and oxygen atoms in total. The Hall–Kier alpha value is -1.80. The van der Waals surface area contributed by atoms with Crippen molar-refractivity contribution in [3.63, 3.8) is 0 Å². The minimum absolute atomic E-state index is 0.0635. The Kier molecular flexibility index (Phi) is 4.38. The van der Waals surface area contributed by atoms with Crippen molar-refractivity contribution in [1.82, 2.24) is 4.98 Å². The highest BCUT2D eigenvalue weighted by Crippen LogP contribution is 2.23. The number of carbonyl (C=O) groups excluding carboxylic acids is 1. The number of anilines is 1. The lowest BCUT2D eigenvalue weighted by atomic mass is 10.4. The number of aryl methyl sites for hydroxylation is 1. The highest BCUT2D eigenvalue weighted by Gasteiger charge is 2.21. The molecule has 1 heterocycles. The monoisotopic (exact) mass is 372 g/mol. The van der Waals surface area contributed by atoms with Crippen LogP contribution in [0.1, 0.15) is 16.2 Å². The molecule has 0 saturated heterocycles. The average molecular weight is 373 g/mol. The smallest absolute Gasteiger partial charge is 0.356 e. The van der Waals surface area contributed by atoms with Crippen LogP contribution in [0.15, 0.2) is 39.7 Å². The summed E-state index contributed by atoms with van der Waals surface area (Å²) in [6.45, 7) is 1.71. The number of hydrogen-bond donors (Lipinski definition) is 2. The first kappa shape index (κ1) is 15.6. The molecule has 0 amide bonds. The molecule has 0 spiro atoms. The van der Waals surface area contributed by atoms with E-state index < -0.39 is 16.0 Å².